The minimum Gasteiger partial charge on any atom is -0.469 e. The van der Waals surface area contributed by atoms with Crippen LogP contribution in [-0.2, 0) is 9.53 Å². The maximum atomic E-state index is 10.9. The van der Waals surface area contributed by atoms with Crippen LogP contribution in [0.4, 0.5) is 5.95 Å². The summed E-state index contributed by atoms with van der Waals surface area (Å²) in [5.74, 6) is 0.379. The van der Waals surface area contributed by atoms with Gasteiger partial charge in [-0.1, -0.05) is 0 Å². The Kier molecular flexibility index (Phi) is 3.84. The van der Waals surface area contributed by atoms with E-state index >= 15 is 0 Å². The van der Waals surface area contributed by atoms with Crippen LogP contribution in [0.1, 0.15) is 6.42 Å². The number of methoxy groups -OCH3 is 1. The standard InChI is InChI=1S/C9H13N3O2/c1-12(7-4-8(13)14-2)9-10-5-3-6-11-9/h3,5-6H,4,7H2,1-2H3. The summed E-state index contributed by atoms with van der Waals surface area (Å²) < 4.78 is 4.53. The molecule has 0 radical (unpaired) electrons. The summed E-state index contributed by atoms with van der Waals surface area (Å²) in [6.07, 6.45) is 3.67. The molecule has 76 valence electrons. The average molecular weight is 195 g/mol. The van der Waals surface area contributed by atoms with E-state index in [4.69, 9.17) is 0 Å². The van der Waals surface area contributed by atoms with Crippen LogP contribution < -0.4 is 4.90 Å². The number of rotatable bonds is 4. The summed E-state index contributed by atoms with van der Waals surface area (Å²) in [5, 5.41) is 0. The molecule has 0 N–H and O–H groups in total. The van der Waals surface area contributed by atoms with Crippen molar-refractivity contribution in [3.05, 3.63) is 18.5 Å². The van der Waals surface area contributed by atoms with Gasteiger partial charge >= 0.3 is 5.97 Å². The number of carbonyl (C=O) groups excluding carboxylic acids is 1. The molecule has 0 saturated heterocycles. The summed E-state index contributed by atoms with van der Waals surface area (Å²) in [4.78, 5) is 20.8. The third-order valence-corrected chi connectivity index (χ3v) is 1.77. The van der Waals surface area contributed by atoms with E-state index in [1.54, 1.807) is 23.4 Å². The molecule has 0 bridgehead atoms. The van der Waals surface area contributed by atoms with Crippen LogP contribution in [0.5, 0.6) is 0 Å². The second kappa shape index (κ2) is 5.16. The van der Waals surface area contributed by atoms with Crippen LogP contribution in [0.3, 0.4) is 0 Å². The first-order chi connectivity index (χ1) is 6.74. The van der Waals surface area contributed by atoms with E-state index in [2.05, 4.69) is 14.7 Å². The summed E-state index contributed by atoms with van der Waals surface area (Å²) in [6, 6.07) is 1.75. The van der Waals surface area contributed by atoms with Crippen molar-refractivity contribution in [1.29, 1.82) is 0 Å². The number of esters is 1. The van der Waals surface area contributed by atoms with Crippen LogP contribution >= 0.6 is 0 Å². The first kappa shape index (κ1) is 10.4. The van der Waals surface area contributed by atoms with Crippen LogP contribution in [0.15, 0.2) is 18.5 Å². The first-order valence-electron chi connectivity index (χ1n) is 4.29. The number of anilines is 1. The van der Waals surface area contributed by atoms with Crippen LogP contribution in [0, 0.1) is 0 Å². The van der Waals surface area contributed by atoms with Gasteiger partial charge in [0.25, 0.3) is 0 Å². The topological polar surface area (TPSA) is 55.3 Å². The zero-order valence-corrected chi connectivity index (χ0v) is 8.30. The fourth-order valence-electron chi connectivity index (χ4n) is 0.949. The van der Waals surface area contributed by atoms with Crippen LogP contribution in [0.2, 0.25) is 0 Å². The maximum Gasteiger partial charge on any atom is 0.307 e. The van der Waals surface area contributed by atoms with E-state index in [1.165, 1.54) is 7.11 Å². The van der Waals surface area contributed by atoms with E-state index in [-0.39, 0.29) is 5.97 Å². The summed E-state index contributed by atoms with van der Waals surface area (Å²) in [7, 11) is 3.21. The maximum absolute atomic E-state index is 10.9. The Morgan fingerprint density at radius 1 is 1.50 bits per heavy atom. The Bertz CT molecular complexity index is 289. The number of ether oxygens (including phenoxy) is 1. The molecule has 0 aliphatic heterocycles. The molecule has 5 heteroatoms. The zero-order chi connectivity index (χ0) is 10.4. The number of nitrogens with zero attached hydrogens (tertiary/aromatic N) is 3. The highest BCUT2D eigenvalue weighted by Crippen LogP contribution is 2.02. The second-order valence-corrected chi connectivity index (χ2v) is 2.80. The van der Waals surface area contributed by atoms with E-state index in [0.717, 1.165) is 0 Å². The van der Waals surface area contributed by atoms with Crippen molar-refractivity contribution in [1.82, 2.24) is 9.97 Å². The third kappa shape index (κ3) is 3.01. The van der Waals surface area contributed by atoms with Gasteiger partial charge in [-0.15, -0.1) is 0 Å². The van der Waals surface area contributed by atoms with Crippen molar-refractivity contribution < 1.29 is 9.53 Å². The lowest BCUT2D eigenvalue weighted by atomic mass is 10.4. The predicted molar refractivity (Wildman–Crippen MR) is 51.9 cm³/mol. The molecule has 0 fully saturated rings. The summed E-state index contributed by atoms with van der Waals surface area (Å²) >= 11 is 0. The molecule has 0 aromatic carbocycles. The Hall–Kier alpha value is -1.65. The van der Waals surface area contributed by atoms with Gasteiger partial charge in [-0.05, 0) is 6.07 Å². The van der Waals surface area contributed by atoms with Gasteiger partial charge in [0.15, 0.2) is 0 Å². The number of carbonyl (C=O) groups is 1. The smallest absolute Gasteiger partial charge is 0.307 e. The molecule has 1 rings (SSSR count). The van der Waals surface area contributed by atoms with Crippen molar-refractivity contribution in [3.8, 4) is 0 Å². The lowest BCUT2D eigenvalue weighted by Crippen LogP contribution is -2.23. The molecule has 1 heterocycles. The number of hydrogen-bond donors (Lipinski definition) is 0. The minimum absolute atomic E-state index is 0.229. The lowest BCUT2D eigenvalue weighted by molar-refractivity contribution is -0.140. The highest BCUT2D eigenvalue weighted by Gasteiger charge is 2.06. The SMILES string of the molecule is COC(=O)CCN(C)c1ncccn1. The Labute approximate surface area is 82.7 Å². The Balaban J connectivity index is 2.43. The fourth-order valence-corrected chi connectivity index (χ4v) is 0.949. The highest BCUT2D eigenvalue weighted by molar-refractivity contribution is 5.69. The normalized spacial score (nSPS) is 9.57. The highest BCUT2D eigenvalue weighted by atomic mass is 16.5. The molecule has 1 aromatic rings. The molecule has 14 heavy (non-hydrogen) atoms. The molecule has 0 unspecified atom stereocenters. The monoisotopic (exact) mass is 195 g/mol. The van der Waals surface area contributed by atoms with Gasteiger partial charge in [0.1, 0.15) is 0 Å². The summed E-state index contributed by atoms with van der Waals surface area (Å²) in [6.45, 7) is 0.552. The lowest BCUT2D eigenvalue weighted by Gasteiger charge is -2.15. The quantitative estimate of drug-likeness (QED) is 0.654. The molecule has 0 spiro atoms. The fraction of sp³-hybridized carbons (Fsp3) is 0.444. The van der Waals surface area contributed by atoms with E-state index < -0.39 is 0 Å². The predicted octanol–water partition coefficient (Wildman–Crippen LogP) is 0.476. The first-order valence-corrected chi connectivity index (χ1v) is 4.29. The third-order valence-electron chi connectivity index (χ3n) is 1.77. The largest absolute Gasteiger partial charge is 0.469 e. The Morgan fingerprint density at radius 3 is 2.71 bits per heavy atom. The van der Waals surface area contributed by atoms with Gasteiger partial charge in [0, 0.05) is 26.0 Å². The van der Waals surface area contributed by atoms with E-state index in [0.29, 0.717) is 18.9 Å². The van der Waals surface area contributed by atoms with E-state index in [9.17, 15) is 4.79 Å². The van der Waals surface area contributed by atoms with Crippen molar-refractivity contribution in [2.45, 2.75) is 6.42 Å². The van der Waals surface area contributed by atoms with Gasteiger partial charge < -0.3 is 9.64 Å². The average Bonchev–Trinajstić information content (AvgIpc) is 2.26. The number of aromatic nitrogens is 2. The molecule has 5 nitrogen and oxygen atoms in total. The Morgan fingerprint density at radius 2 is 2.14 bits per heavy atom. The van der Waals surface area contributed by atoms with Crippen molar-refractivity contribution in [2.75, 3.05) is 25.6 Å². The van der Waals surface area contributed by atoms with Gasteiger partial charge in [-0.2, -0.15) is 0 Å². The molecular weight excluding hydrogens is 182 g/mol. The van der Waals surface area contributed by atoms with Crippen molar-refractivity contribution >= 4 is 11.9 Å². The second-order valence-electron chi connectivity index (χ2n) is 2.80. The van der Waals surface area contributed by atoms with Crippen LogP contribution in [0.25, 0.3) is 0 Å². The molecule has 0 amide bonds. The molecule has 0 atom stereocenters. The van der Waals surface area contributed by atoms with Gasteiger partial charge in [-0.3, -0.25) is 4.79 Å². The molecule has 0 aliphatic rings. The summed E-state index contributed by atoms with van der Waals surface area (Å²) in [5.41, 5.74) is 0. The zero-order valence-electron chi connectivity index (χ0n) is 8.30. The minimum atomic E-state index is -0.229. The van der Waals surface area contributed by atoms with E-state index in [1.807, 2.05) is 7.05 Å². The van der Waals surface area contributed by atoms with Gasteiger partial charge in [0.05, 0.1) is 13.5 Å². The molecule has 1 aromatic heterocycles. The molecule has 0 saturated carbocycles. The number of hydrogen-bond acceptors (Lipinski definition) is 5. The van der Waals surface area contributed by atoms with Gasteiger partial charge in [-0.25, -0.2) is 9.97 Å². The molecule has 0 aliphatic carbocycles. The van der Waals surface area contributed by atoms with Crippen LogP contribution in [-0.4, -0.2) is 36.6 Å². The van der Waals surface area contributed by atoms with Crippen molar-refractivity contribution in [3.63, 3.8) is 0 Å². The van der Waals surface area contributed by atoms with Gasteiger partial charge in [0.2, 0.25) is 5.95 Å². The van der Waals surface area contributed by atoms with Crippen molar-refractivity contribution in [2.24, 2.45) is 0 Å². The molecular formula is C9H13N3O2.